The molecule has 1 atom stereocenters. The molecule has 0 radical (unpaired) electrons. The zero-order chi connectivity index (χ0) is 18.7. The zero-order valence-corrected chi connectivity index (χ0v) is 16.8. The molecule has 0 bridgehead atoms. The first kappa shape index (κ1) is 18.5. The largest absolute Gasteiger partial charge is 0.356 e. The number of hydrogen-bond acceptors (Lipinski definition) is 4. The highest BCUT2D eigenvalue weighted by Crippen LogP contribution is 2.35. The van der Waals surface area contributed by atoms with Gasteiger partial charge in [0.2, 0.25) is 0 Å². The van der Waals surface area contributed by atoms with E-state index in [4.69, 9.17) is 4.98 Å². The summed E-state index contributed by atoms with van der Waals surface area (Å²) in [6.07, 6.45) is 4.55. The minimum Gasteiger partial charge on any atom is -0.356 e. The number of anilines is 1. The summed E-state index contributed by atoms with van der Waals surface area (Å²) in [6.45, 7) is 10.2. The molecule has 0 unspecified atom stereocenters. The van der Waals surface area contributed by atoms with Crippen LogP contribution in [0.4, 0.5) is 5.82 Å². The van der Waals surface area contributed by atoms with Gasteiger partial charge in [-0.15, -0.1) is 0 Å². The van der Waals surface area contributed by atoms with Crippen molar-refractivity contribution < 1.29 is 0 Å². The first-order valence-electron chi connectivity index (χ1n) is 10.3. The van der Waals surface area contributed by atoms with Crippen LogP contribution in [-0.2, 0) is 12.0 Å². The minimum atomic E-state index is 0.208. The third-order valence-corrected chi connectivity index (χ3v) is 6.30. The molecule has 1 aromatic carbocycles. The van der Waals surface area contributed by atoms with Crippen molar-refractivity contribution >= 4 is 5.82 Å². The van der Waals surface area contributed by atoms with Gasteiger partial charge in [-0.25, -0.2) is 4.98 Å². The van der Waals surface area contributed by atoms with Gasteiger partial charge < -0.3 is 9.80 Å². The van der Waals surface area contributed by atoms with Crippen molar-refractivity contribution in [1.29, 1.82) is 0 Å². The number of benzene rings is 1. The molecule has 3 heterocycles. The fraction of sp³-hybridized carbons (Fsp3) is 0.522. The second-order valence-corrected chi connectivity index (χ2v) is 8.56. The first-order chi connectivity index (χ1) is 13.1. The van der Waals surface area contributed by atoms with Crippen LogP contribution in [0.5, 0.6) is 0 Å². The Morgan fingerprint density at radius 1 is 0.963 bits per heavy atom. The first-order valence-corrected chi connectivity index (χ1v) is 10.3. The Kier molecular flexibility index (Phi) is 5.46. The lowest BCUT2D eigenvalue weighted by molar-refractivity contribution is 0.148. The summed E-state index contributed by atoms with van der Waals surface area (Å²) >= 11 is 0. The molecule has 0 amide bonds. The predicted octanol–water partition coefficient (Wildman–Crippen LogP) is 3.39. The Bertz CT molecular complexity index is 722. The Morgan fingerprint density at radius 2 is 1.74 bits per heavy atom. The molecule has 2 aliphatic heterocycles. The number of piperazine rings is 1. The molecule has 0 N–H and O–H groups in total. The monoisotopic (exact) mass is 364 g/mol. The quantitative estimate of drug-likeness (QED) is 0.829. The molecule has 0 saturated carbocycles. The fourth-order valence-corrected chi connectivity index (χ4v) is 4.47. The third-order valence-electron chi connectivity index (χ3n) is 6.30. The van der Waals surface area contributed by atoms with Crippen molar-refractivity contribution in [2.75, 3.05) is 51.2 Å². The van der Waals surface area contributed by atoms with Crippen LogP contribution in [0.15, 0.2) is 48.7 Å². The Morgan fingerprint density at radius 3 is 2.44 bits per heavy atom. The van der Waals surface area contributed by atoms with Gasteiger partial charge in [-0.05, 0) is 37.1 Å². The van der Waals surface area contributed by atoms with E-state index in [2.05, 4.69) is 77.3 Å². The van der Waals surface area contributed by atoms with Gasteiger partial charge in [0.25, 0.3) is 0 Å². The maximum atomic E-state index is 4.83. The molecule has 2 fully saturated rings. The average Bonchev–Trinajstić information content (AvgIpc) is 2.71. The predicted molar refractivity (Wildman–Crippen MR) is 112 cm³/mol. The standard InChI is InChI=1S/C23H32N4/c1-23(21-7-4-3-5-8-21)11-6-12-27(19-23)22-10-9-20(17-24-22)18-26-15-13-25(2)14-16-26/h3-5,7-10,17H,6,11-16,18-19H2,1-2H3/t23-/m0/s1. The van der Waals surface area contributed by atoms with Crippen LogP contribution in [0, 0.1) is 0 Å². The Hall–Kier alpha value is -1.91. The van der Waals surface area contributed by atoms with Crippen molar-refractivity contribution in [3.63, 3.8) is 0 Å². The highest BCUT2D eigenvalue weighted by atomic mass is 15.2. The lowest BCUT2D eigenvalue weighted by Gasteiger charge is -2.41. The second-order valence-electron chi connectivity index (χ2n) is 8.56. The Balaban J connectivity index is 1.41. The van der Waals surface area contributed by atoms with Gasteiger partial charge in [0.05, 0.1) is 0 Å². The smallest absolute Gasteiger partial charge is 0.128 e. The zero-order valence-electron chi connectivity index (χ0n) is 16.8. The van der Waals surface area contributed by atoms with Crippen molar-refractivity contribution in [1.82, 2.24) is 14.8 Å². The number of likely N-dealkylation sites (N-methyl/N-ethyl adjacent to an activating group) is 1. The van der Waals surface area contributed by atoms with E-state index in [1.165, 1.54) is 24.0 Å². The van der Waals surface area contributed by atoms with Gasteiger partial charge in [-0.2, -0.15) is 0 Å². The van der Waals surface area contributed by atoms with E-state index >= 15 is 0 Å². The number of rotatable bonds is 4. The maximum absolute atomic E-state index is 4.83. The number of pyridine rings is 1. The average molecular weight is 365 g/mol. The summed E-state index contributed by atoms with van der Waals surface area (Å²) in [5.74, 6) is 1.12. The minimum absolute atomic E-state index is 0.208. The van der Waals surface area contributed by atoms with E-state index in [9.17, 15) is 0 Å². The van der Waals surface area contributed by atoms with Gasteiger partial charge in [0, 0.05) is 57.4 Å². The fourth-order valence-electron chi connectivity index (χ4n) is 4.47. The van der Waals surface area contributed by atoms with Crippen LogP contribution < -0.4 is 4.90 Å². The number of aromatic nitrogens is 1. The van der Waals surface area contributed by atoms with Gasteiger partial charge in [-0.1, -0.05) is 43.3 Å². The Labute approximate surface area is 163 Å². The molecular formula is C23H32N4. The molecule has 2 aliphatic rings. The van der Waals surface area contributed by atoms with E-state index < -0.39 is 0 Å². The molecule has 27 heavy (non-hydrogen) atoms. The highest BCUT2D eigenvalue weighted by molar-refractivity contribution is 5.42. The van der Waals surface area contributed by atoms with Crippen LogP contribution >= 0.6 is 0 Å². The lowest BCUT2D eigenvalue weighted by Crippen LogP contribution is -2.45. The summed E-state index contributed by atoms with van der Waals surface area (Å²) in [5.41, 5.74) is 2.98. The van der Waals surface area contributed by atoms with Gasteiger partial charge >= 0.3 is 0 Å². The summed E-state index contributed by atoms with van der Waals surface area (Å²) < 4.78 is 0. The molecule has 2 saturated heterocycles. The number of hydrogen-bond donors (Lipinski definition) is 0. The van der Waals surface area contributed by atoms with E-state index in [0.717, 1.165) is 51.6 Å². The van der Waals surface area contributed by atoms with Crippen molar-refractivity contribution in [3.8, 4) is 0 Å². The topological polar surface area (TPSA) is 22.6 Å². The van der Waals surface area contributed by atoms with Crippen LogP contribution in [0.2, 0.25) is 0 Å². The maximum Gasteiger partial charge on any atom is 0.128 e. The van der Waals surface area contributed by atoms with Gasteiger partial charge in [0.1, 0.15) is 5.82 Å². The molecular weight excluding hydrogens is 332 g/mol. The molecule has 144 valence electrons. The van der Waals surface area contributed by atoms with Crippen LogP contribution in [0.3, 0.4) is 0 Å². The molecule has 4 heteroatoms. The number of nitrogens with zero attached hydrogens (tertiary/aromatic N) is 4. The second kappa shape index (κ2) is 7.99. The summed E-state index contributed by atoms with van der Waals surface area (Å²) in [4.78, 5) is 12.2. The normalized spacial score (nSPS) is 24.9. The van der Waals surface area contributed by atoms with Crippen LogP contribution in [0.25, 0.3) is 0 Å². The van der Waals surface area contributed by atoms with Crippen molar-refractivity contribution in [2.24, 2.45) is 0 Å². The van der Waals surface area contributed by atoms with E-state index in [-0.39, 0.29) is 5.41 Å². The molecule has 4 nitrogen and oxygen atoms in total. The van der Waals surface area contributed by atoms with Crippen LogP contribution in [0.1, 0.15) is 30.9 Å². The van der Waals surface area contributed by atoms with E-state index in [0.29, 0.717) is 0 Å². The van der Waals surface area contributed by atoms with Crippen molar-refractivity contribution in [3.05, 3.63) is 59.8 Å². The molecule has 4 rings (SSSR count). The van der Waals surface area contributed by atoms with Gasteiger partial charge in [0.15, 0.2) is 0 Å². The summed E-state index contributed by atoms with van der Waals surface area (Å²) in [7, 11) is 2.20. The van der Waals surface area contributed by atoms with E-state index in [1.54, 1.807) is 0 Å². The molecule has 0 aliphatic carbocycles. The molecule has 1 aromatic heterocycles. The van der Waals surface area contributed by atoms with Gasteiger partial charge in [-0.3, -0.25) is 4.90 Å². The lowest BCUT2D eigenvalue weighted by atomic mass is 9.76. The highest BCUT2D eigenvalue weighted by Gasteiger charge is 2.33. The summed E-state index contributed by atoms with van der Waals surface area (Å²) in [5, 5.41) is 0. The molecule has 2 aromatic rings. The van der Waals surface area contributed by atoms with E-state index in [1.807, 2.05) is 0 Å². The van der Waals surface area contributed by atoms with Crippen molar-refractivity contribution in [2.45, 2.75) is 31.7 Å². The van der Waals surface area contributed by atoms with Crippen LogP contribution in [-0.4, -0.2) is 61.1 Å². The SMILES string of the molecule is CN1CCN(Cc2ccc(N3CCC[C@](C)(c4ccccc4)C3)nc2)CC1. The molecule has 0 spiro atoms. The third kappa shape index (κ3) is 4.33. The summed E-state index contributed by atoms with van der Waals surface area (Å²) in [6, 6.07) is 15.5. The number of piperidine rings is 1.